The van der Waals surface area contributed by atoms with E-state index in [1.165, 1.54) is 4.31 Å². The molecule has 0 radical (unpaired) electrons. The molecule has 5 heteroatoms. The maximum Gasteiger partial charge on any atom is 0.243 e. The Kier molecular flexibility index (Phi) is 4.08. The minimum atomic E-state index is -3.41. The Bertz CT molecular complexity index is 657. The predicted molar refractivity (Wildman–Crippen MR) is 78.9 cm³/mol. The summed E-state index contributed by atoms with van der Waals surface area (Å²) < 4.78 is 26.2. The predicted octanol–water partition coefficient (Wildman–Crippen LogP) is 3.19. The molecule has 1 aromatic heterocycles. The molecule has 1 heterocycles. The van der Waals surface area contributed by atoms with E-state index in [0.29, 0.717) is 11.4 Å². The van der Waals surface area contributed by atoms with Crippen LogP contribution < -0.4 is 0 Å². The molecule has 0 bridgehead atoms. The molecule has 2 aromatic rings. The largest absolute Gasteiger partial charge is 0.243 e. The zero-order chi connectivity index (χ0) is 14.0. The van der Waals surface area contributed by atoms with Gasteiger partial charge in [-0.15, -0.1) is 11.3 Å². The number of benzene rings is 1. The van der Waals surface area contributed by atoms with E-state index >= 15 is 0 Å². The summed E-state index contributed by atoms with van der Waals surface area (Å²) in [6, 6.07) is 8.95. The summed E-state index contributed by atoms with van der Waals surface area (Å²) in [6.07, 6.45) is 0. The first kappa shape index (κ1) is 14.2. The summed E-state index contributed by atoms with van der Waals surface area (Å²) >= 11 is 1.59. The number of rotatable bonds is 4. The van der Waals surface area contributed by atoms with Crippen LogP contribution in [0.2, 0.25) is 0 Å². The molecule has 0 unspecified atom stereocenters. The van der Waals surface area contributed by atoms with Crippen molar-refractivity contribution in [1.29, 1.82) is 0 Å². The lowest BCUT2D eigenvalue weighted by molar-refractivity contribution is 0.469. The van der Waals surface area contributed by atoms with Crippen molar-refractivity contribution >= 4 is 21.4 Å². The molecular weight excluding hydrogens is 278 g/mol. The van der Waals surface area contributed by atoms with Gasteiger partial charge in [0.05, 0.1) is 4.90 Å². The summed E-state index contributed by atoms with van der Waals surface area (Å²) in [5.41, 5.74) is 2.19. The monoisotopic (exact) mass is 295 g/mol. The van der Waals surface area contributed by atoms with Gasteiger partial charge in [0.25, 0.3) is 0 Å². The number of hydrogen-bond donors (Lipinski definition) is 0. The molecule has 0 atom stereocenters. The lowest BCUT2D eigenvalue weighted by Crippen LogP contribution is -2.26. The summed E-state index contributed by atoms with van der Waals surface area (Å²) in [6.45, 7) is 4.35. The summed E-state index contributed by atoms with van der Waals surface area (Å²) in [4.78, 5) is 1.42. The summed E-state index contributed by atoms with van der Waals surface area (Å²) in [5, 5.41) is 1.98. The van der Waals surface area contributed by atoms with Crippen LogP contribution in [0.5, 0.6) is 0 Å². The van der Waals surface area contributed by atoms with E-state index in [1.54, 1.807) is 30.5 Å². The fourth-order valence-corrected chi connectivity index (χ4v) is 3.92. The first-order chi connectivity index (χ1) is 8.91. The summed E-state index contributed by atoms with van der Waals surface area (Å²) in [7, 11) is -1.79. The van der Waals surface area contributed by atoms with Crippen molar-refractivity contribution in [2.75, 3.05) is 7.05 Å². The molecule has 0 saturated carbocycles. The molecule has 0 aliphatic carbocycles. The highest BCUT2D eigenvalue weighted by Crippen LogP contribution is 2.21. The van der Waals surface area contributed by atoms with E-state index in [2.05, 4.69) is 0 Å². The normalized spacial score (nSPS) is 12.0. The number of sulfonamides is 1. The number of hydrogen-bond acceptors (Lipinski definition) is 3. The first-order valence-electron chi connectivity index (χ1n) is 5.97. The first-order valence-corrected chi connectivity index (χ1v) is 8.29. The van der Waals surface area contributed by atoms with Crippen molar-refractivity contribution < 1.29 is 8.42 Å². The standard InChI is InChI=1S/C14H17NO2S2/c1-11-4-6-13(7-5-11)19(16,17)15(3)10-14-12(2)8-9-18-14/h4-9H,10H2,1-3H3. The number of thiophene rings is 1. The number of nitrogens with zero attached hydrogens (tertiary/aromatic N) is 1. The highest BCUT2D eigenvalue weighted by atomic mass is 32.2. The van der Waals surface area contributed by atoms with Crippen molar-refractivity contribution in [2.24, 2.45) is 0 Å². The van der Waals surface area contributed by atoms with Gasteiger partial charge in [0, 0.05) is 18.5 Å². The summed E-state index contributed by atoms with van der Waals surface area (Å²) in [5.74, 6) is 0. The van der Waals surface area contributed by atoms with Gasteiger partial charge in [0.15, 0.2) is 0 Å². The molecule has 0 aliphatic heterocycles. The van der Waals surface area contributed by atoms with Crippen molar-refractivity contribution in [3.8, 4) is 0 Å². The Morgan fingerprint density at radius 1 is 1.11 bits per heavy atom. The third kappa shape index (κ3) is 3.05. The van der Waals surface area contributed by atoms with Crippen LogP contribution in [0.25, 0.3) is 0 Å². The minimum Gasteiger partial charge on any atom is -0.207 e. The molecule has 0 spiro atoms. The van der Waals surface area contributed by atoms with E-state index in [0.717, 1.165) is 16.0 Å². The topological polar surface area (TPSA) is 37.4 Å². The molecule has 102 valence electrons. The minimum absolute atomic E-state index is 0.342. The van der Waals surface area contributed by atoms with Gasteiger partial charge < -0.3 is 0 Å². The maximum absolute atomic E-state index is 12.4. The molecule has 0 N–H and O–H groups in total. The van der Waals surface area contributed by atoms with Crippen LogP contribution in [0.4, 0.5) is 0 Å². The van der Waals surface area contributed by atoms with E-state index in [4.69, 9.17) is 0 Å². The van der Waals surface area contributed by atoms with E-state index < -0.39 is 10.0 Å². The molecule has 0 fully saturated rings. The quantitative estimate of drug-likeness (QED) is 0.868. The fourth-order valence-electron chi connectivity index (χ4n) is 1.74. The molecule has 0 saturated heterocycles. The van der Waals surface area contributed by atoms with Crippen molar-refractivity contribution in [1.82, 2.24) is 4.31 Å². The Balaban J connectivity index is 2.24. The van der Waals surface area contributed by atoms with Crippen LogP contribution >= 0.6 is 11.3 Å². The Morgan fingerprint density at radius 3 is 2.26 bits per heavy atom. The van der Waals surface area contributed by atoms with Gasteiger partial charge in [-0.2, -0.15) is 4.31 Å². The maximum atomic E-state index is 12.4. The van der Waals surface area contributed by atoms with Gasteiger partial charge in [-0.25, -0.2) is 8.42 Å². The van der Waals surface area contributed by atoms with Crippen molar-refractivity contribution in [2.45, 2.75) is 25.3 Å². The second-order valence-electron chi connectivity index (χ2n) is 4.60. The van der Waals surface area contributed by atoms with Gasteiger partial charge in [-0.05, 0) is 43.0 Å². The molecule has 1 aromatic carbocycles. The van der Waals surface area contributed by atoms with Crippen LogP contribution in [0.15, 0.2) is 40.6 Å². The van der Waals surface area contributed by atoms with Crippen molar-refractivity contribution in [3.05, 3.63) is 51.7 Å². The second kappa shape index (κ2) is 5.45. The Hall–Kier alpha value is -1.17. The highest BCUT2D eigenvalue weighted by molar-refractivity contribution is 7.89. The van der Waals surface area contributed by atoms with Gasteiger partial charge in [-0.3, -0.25) is 0 Å². The van der Waals surface area contributed by atoms with E-state index in [1.807, 2.05) is 37.4 Å². The van der Waals surface area contributed by atoms with Gasteiger partial charge >= 0.3 is 0 Å². The van der Waals surface area contributed by atoms with E-state index in [-0.39, 0.29) is 0 Å². The highest BCUT2D eigenvalue weighted by Gasteiger charge is 2.21. The average Bonchev–Trinajstić information content (AvgIpc) is 2.75. The van der Waals surface area contributed by atoms with Crippen LogP contribution in [0.3, 0.4) is 0 Å². The molecule has 0 aliphatic rings. The molecule has 3 nitrogen and oxygen atoms in total. The van der Waals surface area contributed by atoms with Crippen LogP contribution in [-0.4, -0.2) is 19.8 Å². The van der Waals surface area contributed by atoms with Crippen LogP contribution in [0.1, 0.15) is 16.0 Å². The third-order valence-electron chi connectivity index (χ3n) is 3.06. The molecule has 2 rings (SSSR count). The molecule has 0 amide bonds. The zero-order valence-electron chi connectivity index (χ0n) is 11.3. The van der Waals surface area contributed by atoms with Crippen LogP contribution in [-0.2, 0) is 16.6 Å². The molecular formula is C14H17NO2S2. The molecule has 19 heavy (non-hydrogen) atoms. The second-order valence-corrected chi connectivity index (χ2v) is 7.65. The number of aryl methyl sites for hydroxylation is 2. The zero-order valence-corrected chi connectivity index (χ0v) is 12.9. The third-order valence-corrected chi connectivity index (χ3v) is 5.89. The Labute approximate surface area is 118 Å². The lowest BCUT2D eigenvalue weighted by atomic mass is 10.2. The van der Waals surface area contributed by atoms with E-state index in [9.17, 15) is 8.42 Å². The van der Waals surface area contributed by atoms with Crippen molar-refractivity contribution in [3.63, 3.8) is 0 Å². The SMILES string of the molecule is Cc1ccc(S(=O)(=O)N(C)Cc2sccc2C)cc1. The Morgan fingerprint density at radius 2 is 1.74 bits per heavy atom. The smallest absolute Gasteiger partial charge is 0.207 e. The lowest BCUT2D eigenvalue weighted by Gasteiger charge is -2.17. The van der Waals surface area contributed by atoms with Gasteiger partial charge in [0.1, 0.15) is 0 Å². The van der Waals surface area contributed by atoms with Crippen LogP contribution in [0, 0.1) is 13.8 Å². The van der Waals surface area contributed by atoms with Gasteiger partial charge in [0.2, 0.25) is 10.0 Å². The average molecular weight is 295 g/mol. The fraction of sp³-hybridized carbons (Fsp3) is 0.286. The van der Waals surface area contributed by atoms with Gasteiger partial charge in [-0.1, -0.05) is 17.7 Å².